The third kappa shape index (κ3) is 3.78. The van der Waals surface area contributed by atoms with Gasteiger partial charge in [-0.1, -0.05) is 0 Å². The predicted octanol–water partition coefficient (Wildman–Crippen LogP) is 3.14. The summed E-state index contributed by atoms with van der Waals surface area (Å²) in [5.74, 6) is -0.0829. The zero-order valence-electron chi connectivity index (χ0n) is 14.7. The van der Waals surface area contributed by atoms with E-state index in [9.17, 15) is 4.79 Å². The molecule has 1 unspecified atom stereocenters. The van der Waals surface area contributed by atoms with Crippen LogP contribution in [0.4, 0.5) is 0 Å². The molecule has 2 atom stereocenters. The molecule has 2 heterocycles. The second kappa shape index (κ2) is 5.24. The zero-order chi connectivity index (χ0) is 16.1. The molecule has 0 aromatic rings. The number of nitrogens with zero attached hydrogens (tertiary/aromatic N) is 1. The van der Waals surface area contributed by atoms with Gasteiger partial charge in [-0.25, -0.2) is 0 Å². The van der Waals surface area contributed by atoms with Crippen LogP contribution in [0.25, 0.3) is 0 Å². The van der Waals surface area contributed by atoms with E-state index in [1.54, 1.807) is 0 Å². The minimum Gasteiger partial charge on any atom is -0.459 e. The van der Waals surface area contributed by atoms with E-state index in [1.807, 2.05) is 20.8 Å². The quantitative estimate of drug-likeness (QED) is 0.734. The molecule has 21 heavy (non-hydrogen) atoms. The third-order valence-electron chi connectivity index (χ3n) is 4.40. The highest BCUT2D eigenvalue weighted by atomic mass is 16.6. The number of hydrogen-bond donors (Lipinski definition) is 0. The van der Waals surface area contributed by atoms with Gasteiger partial charge in [0.1, 0.15) is 11.6 Å². The lowest BCUT2D eigenvalue weighted by molar-refractivity contribution is -0.162. The van der Waals surface area contributed by atoms with Gasteiger partial charge in [0.15, 0.2) is 0 Å². The Labute approximate surface area is 129 Å². The van der Waals surface area contributed by atoms with Crippen LogP contribution in [0.1, 0.15) is 67.7 Å². The van der Waals surface area contributed by atoms with E-state index >= 15 is 0 Å². The van der Waals surface area contributed by atoms with Crippen LogP contribution in [-0.4, -0.2) is 46.3 Å². The molecule has 2 saturated heterocycles. The van der Waals surface area contributed by atoms with E-state index in [4.69, 9.17) is 9.47 Å². The molecule has 2 aliphatic rings. The molecule has 2 rings (SSSR count). The highest BCUT2D eigenvalue weighted by Crippen LogP contribution is 2.42. The van der Waals surface area contributed by atoms with Crippen molar-refractivity contribution >= 4 is 5.97 Å². The lowest BCUT2D eigenvalue weighted by Gasteiger charge is -2.37. The molecule has 0 N–H and O–H groups in total. The van der Waals surface area contributed by atoms with Crippen LogP contribution in [-0.2, 0) is 14.3 Å². The summed E-state index contributed by atoms with van der Waals surface area (Å²) in [5, 5.41) is 0. The SMILES string of the molecule is CC(C)(C)OC(=O)[C@H]1CCCN1C1CC(C)(C)OC1(C)C. The largest absolute Gasteiger partial charge is 0.459 e. The standard InChI is InChI=1S/C17H31NO3/c1-15(2,3)20-14(19)12-9-8-10-18(12)13-11-16(4,5)21-17(13,6)7/h12-13H,8-11H2,1-7H3/t12-,13?/m1/s1. The number of hydrogen-bond acceptors (Lipinski definition) is 4. The number of carbonyl (C=O) groups is 1. The molecule has 4 heteroatoms. The zero-order valence-corrected chi connectivity index (χ0v) is 14.7. The van der Waals surface area contributed by atoms with Crippen LogP contribution in [0.3, 0.4) is 0 Å². The fourth-order valence-electron chi connectivity index (χ4n) is 3.83. The van der Waals surface area contributed by atoms with Gasteiger partial charge in [-0.15, -0.1) is 0 Å². The van der Waals surface area contributed by atoms with Gasteiger partial charge in [0.2, 0.25) is 0 Å². The van der Waals surface area contributed by atoms with Crippen molar-refractivity contribution < 1.29 is 14.3 Å². The van der Waals surface area contributed by atoms with Gasteiger partial charge in [0, 0.05) is 6.04 Å². The lowest BCUT2D eigenvalue weighted by Crippen LogP contribution is -2.51. The van der Waals surface area contributed by atoms with E-state index in [0.717, 1.165) is 25.8 Å². The maximum absolute atomic E-state index is 12.5. The summed E-state index contributed by atoms with van der Waals surface area (Å²) in [5.41, 5.74) is -0.782. The second-order valence-corrected chi connectivity index (χ2v) is 8.61. The van der Waals surface area contributed by atoms with E-state index in [1.165, 1.54) is 0 Å². The molecule has 0 aliphatic carbocycles. The van der Waals surface area contributed by atoms with Crippen LogP contribution in [0.2, 0.25) is 0 Å². The van der Waals surface area contributed by atoms with Crippen molar-refractivity contribution in [2.24, 2.45) is 0 Å². The molecule has 0 radical (unpaired) electrons. The van der Waals surface area contributed by atoms with Gasteiger partial charge in [-0.3, -0.25) is 9.69 Å². The summed E-state index contributed by atoms with van der Waals surface area (Å²) in [4.78, 5) is 14.8. The van der Waals surface area contributed by atoms with Crippen molar-refractivity contribution in [2.45, 2.75) is 96.6 Å². The highest BCUT2D eigenvalue weighted by Gasteiger charge is 2.52. The normalized spacial score (nSPS) is 32.3. The molecule has 0 amide bonds. The third-order valence-corrected chi connectivity index (χ3v) is 4.40. The maximum atomic E-state index is 12.5. The lowest BCUT2D eigenvalue weighted by atomic mass is 9.92. The van der Waals surface area contributed by atoms with Gasteiger partial charge in [0.05, 0.1) is 11.2 Å². The average Bonchev–Trinajstić information content (AvgIpc) is 2.76. The van der Waals surface area contributed by atoms with Crippen LogP contribution >= 0.6 is 0 Å². The van der Waals surface area contributed by atoms with Gasteiger partial charge in [0.25, 0.3) is 0 Å². The Morgan fingerprint density at radius 1 is 1.24 bits per heavy atom. The van der Waals surface area contributed by atoms with Crippen LogP contribution in [0.5, 0.6) is 0 Å². The molecule has 0 spiro atoms. The fourth-order valence-corrected chi connectivity index (χ4v) is 3.83. The number of likely N-dealkylation sites (tertiary alicyclic amines) is 1. The summed E-state index contributed by atoms with van der Waals surface area (Å²) in [6, 6.07) is 0.151. The molecule has 122 valence electrons. The Balaban J connectivity index is 2.14. The molecule has 4 nitrogen and oxygen atoms in total. The smallest absolute Gasteiger partial charge is 0.323 e. The summed E-state index contributed by atoms with van der Waals surface area (Å²) in [6.45, 7) is 15.3. The second-order valence-electron chi connectivity index (χ2n) is 8.61. The van der Waals surface area contributed by atoms with Crippen LogP contribution in [0, 0.1) is 0 Å². The minimum atomic E-state index is -0.424. The molecular formula is C17H31NO3. The number of esters is 1. The van der Waals surface area contributed by atoms with Gasteiger partial charge in [-0.05, 0) is 74.3 Å². The Kier molecular flexibility index (Phi) is 4.18. The maximum Gasteiger partial charge on any atom is 0.323 e. The average molecular weight is 297 g/mol. The fraction of sp³-hybridized carbons (Fsp3) is 0.941. The Morgan fingerprint density at radius 2 is 1.86 bits per heavy atom. The van der Waals surface area contributed by atoms with Crippen LogP contribution in [0.15, 0.2) is 0 Å². The molecule has 2 aliphatic heterocycles. The minimum absolute atomic E-state index is 0.0829. The number of carbonyl (C=O) groups excluding carboxylic acids is 1. The molecular weight excluding hydrogens is 266 g/mol. The van der Waals surface area contributed by atoms with Gasteiger partial charge in [-0.2, -0.15) is 0 Å². The van der Waals surface area contributed by atoms with E-state index in [-0.39, 0.29) is 29.3 Å². The first-order chi connectivity index (χ1) is 9.41. The van der Waals surface area contributed by atoms with E-state index in [2.05, 4.69) is 32.6 Å². The Hall–Kier alpha value is -0.610. The van der Waals surface area contributed by atoms with E-state index in [0.29, 0.717) is 0 Å². The van der Waals surface area contributed by atoms with Crippen molar-refractivity contribution in [1.29, 1.82) is 0 Å². The summed E-state index contributed by atoms with van der Waals surface area (Å²) in [7, 11) is 0. The molecule has 0 aromatic carbocycles. The highest BCUT2D eigenvalue weighted by molar-refractivity contribution is 5.76. The first kappa shape index (κ1) is 16.8. The molecule has 0 saturated carbocycles. The van der Waals surface area contributed by atoms with E-state index < -0.39 is 5.60 Å². The number of rotatable bonds is 2. The monoisotopic (exact) mass is 297 g/mol. The van der Waals surface area contributed by atoms with Crippen LogP contribution < -0.4 is 0 Å². The first-order valence-electron chi connectivity index (χ1n) is 8.10. The van der Waals surface area contributed by atoms with Crippen molar-refractivity contribution in [2.75, 3.05) is 6.54 Å². The summed E-state index contributed by atoms with van der Waals surface area (Å²) >= 11 is 0. The Bertz CT molecular complexity index is 409. The Morgan fingerprint density at radius 3 is 2.33 bits per heavy atom. The van der Waals surface area contributed by atoms with Gasteiger partial charge < -0.3 is 9.47 Å². The molecule has 0 bridgehead atoms. The molecule has 0 aromatic heterocycles. The predicted molar refractivity (Wildman–Crippen MR) is 83.2 cm³/mol. The summed E-state index contributed by atoms with van der Waals surface area (Å²) < 4.78 is 11.8. The molecule has 2 fully saturated rings. The van der Waals surface area contributed by atoms with Gasteiger partial charge >= 0.3 is 5.97 Å². The van der Waals surface area contributed by atoms with Crippen molar-refractivity contribution in [3.8, 4) is 0 Å². The number of ether oxygens (including phenoxy) is 2. The van der Waals surface area contributed by atoms with Crippen molar-refractivity contribution in [3.05, 3.63) is 0 Å². The topological polar surface area (TPSA) is 38.8 Å². The summed E-state index contributed by atoms with van der Waals surface area (Å²) in [6.07, 6.45) is 2.90. The van der Waals surface area contributed by atoms with Crippen molar-refractivity contribution in [1.82, 2.24) is 4.90 Å². The first-order valence-corrected chi connectivity index (χ1v) is 8.10. The van der Waals surface area contributed by atoms with Crippen molar-refractivity contribution in [3.63, 3.8) is 0 Å².